The third kappa shape index (κ3) is 3.62. The molecule has 2 aliphatic heterocycles. The van der Waals surface area contributed by atoms with E-state index in [0.717, 1.165) is 18.4 Å². The zero-order valence-electron chi connectivity index (χ0n) is 14.3. The topological polar surface area (TPSA) is 55.8 Å². The first-order valence-electron chi connectivity index (χ1n) is 8.21. The van der Waals surface area contributed by atoms with Gasteiger partial charge in [0, 0.05) is 17.3 Å². The fourth-order valence-corrected chi connectivity index (χ4v) is 3.40. The smallest absolute Gasteiger partial charge is 0.340 e. The summed E-state index contributed by atoms with van der Waals surface area (Å²) in [6.07, 6.45) is 3.59. The number of halogens is 1. The van der Waals surface area contributed by atoms with Crippen LogP contribution in [-0.4, -0.2) is 43.1 Å². The molecule has 1 atom stereocenters. The van der Waals surface area contributed by atoms with Gasteiger partial charge in [-0.25, -0.2) is 4.79 Å². The lowest BCUT2D eigenvalue weighted by Gasteiger charge is -2.21. The van der Waals surface area contributed by atoms with E-state index in [9.17, 15) is 9.59 Å². The molecule has 1 aromatic rings. The molecule has 0 radical (unpaired) electrons. The quantitative estimate of drug-likeness (QED) is 0.610. The summed E-state index contributed by atoms with van der Waals surface area (Å²) < 4.78 is 10.5. The van der Waals surface area contributed by atoms with Crippen molar-refractivity contribution in [3.63, 3.8) is 0 Å². The maximum atomic E-state index is 12.9. The van der Waals surface area contributed by atoms with Crippen LogP contribution >= 0.6 is 11.6 Å². The predicted molar refractivity (Wildman–Crippen MR) is 94.8 cm³/mol. The Morgan fingerprint density at radius 1 is 1.48 bits per heavy atom. The highest BCUT2D eigenvalue weighted by Gasteiger charge is 2.38. The molecule has 0 saturated carbocycles. The summed E-state index contributed by atoms with van der Waals surface area (Å²) >= 11 is 6.02. The van der Waals surface area contributed by atoms with E-state index in [4.69, 9.17) is 21.1 Å². The molecule has 0 N–H and O–H groups in total. The first-order chi connectivity index (χ1) is 12.0. The van der Waals surface area contributed by atoms with Crippen molar-refractivity contribution in [3.8, 4) is 0 Å². The average Bonchev–Trinajstić information content (AvgIpc) is 3.18. The van der Waals surface area contributed by atoms with Gasteiger partial charge in [-0.15, -0.1) is 0 Å². The van der Waals surface area contributed by atoms with Crippen LogP contribution in [0.4, 0.5) is 0 Å². The van der Waals surface area contributed by atoms with Crippen molar-refractivity contribution >= 4 is 29.6 Å². The Kier molecular flexibility index (Phi) is 5.25. The number of rotatable bonds is 4. The van der Waals surface area contributed by atoms with Crippen LogP contribution in [0.5, 0.6) is 0 Å². The zero-order chi connectivity index (χ0) is 18.0. The Bertz CT molecular complexity index is 762. The van der Waals surface area contributed by atoms with Crippen molar-refractivity contribution in [1.29, 1.82) is 0 Å². The summed E-state index contributed by atoms with van der Waals surface area (Å²) in [4.78, 5) is 26.8. The minimum absolute atomic E-state index is 0.00307. The standard InChI is InChI=1S/C19H20ClNO4/c1-12-17(19(23)24-2)16(10-13-5-3-6-14(20)9-13)18(22)21(12)11-15-7-4-8-25-15/h3,5-6,9-10,15H,4,7-8,11H2,1-2H3/b16-10-. The van der Waals surface area contributed by atoms with E-state index in [-0.39, 0.29) is 12.0 Å². The molecular weight excluding hydrogens is 342 g/mol. The number of methoxy groups -OCH3 is 1. The second-order valence-electron chi connectivity index (χ2n) is 6.12. The molecule has 25 heavy (non-hydrogen) atoms. The van der Waals surface area contributed by atoms with E-state index in [0.29, 0.717) is 35.0 Å². The Morgan fingerprint density at radius 3 is 2.92 bits per heavy atom. The molecule has 3 rings (SSSR count). The average molecular weight is 362 g/mol. The third-order valence-electron chi connectivity index (χ3n) is 4.47. The van der Waals surface area contributed by atoms with Crippen molar-refractivity contribution in [1.82, 2.24) is 4.90 Å². The van der Waals surface area contributed by atoms with E-state index in [1.54, 1.807) is 36.1 Å². The van der Waals surface area contributed by atoms with Gasteiger partial charge in [-0.2, -0.15) is 0 Å². The van der Waals surface area contributed by atoms with Gasteiger partial charge in [-0.1, -0.05) is 23.7 Å². The molecular formula is C19H20ClNO4. The number of carbonyl (C=O) groups is 2. The van der Waals surface area contributed by atoms with Gasteiger partial charge in [0.15, 0.2) is 0 Å². The number of allylic oxidation sites excluding steroid dienone is 1. The normalized spacial score (nSPS) is 22.2. The molecule has 0 aliphatic carbocycles. The second kappa shape index (κ2) is 7.42. The lowest BCUT2D eigenvalue weighted by atomic mass is 10.0. The first kappa shape index (κ1) is 17.7. The number of hydrogen-bond donors (Lipinski definition) is 0. The summed E-state index contributed by atoms with van der Waals surface area (Å²) in [6, 6.07) is 7.13. The van der Waals surface area contributed by atoms with Crippen molar-refractivity contribution < 1.29 is 19.1 Å². The molecule has 2 aliphatic rings. The van der Waals surface area contributed by atoms with Gasteiger partial charge in [0.05, 0.1) is 30.9 Å². The summed E-state index contributed by atoms with van der Waals surface area (Å²) in [5.41, 5.74) is 1.97. The molecule has 6 heteroatoms. The minimum Gasteiger partial charge on any atom is -0.465 e. The highest BCUT2D eigenvalue weighted by molar-refractivity contribution is 6.30. The van der Waals surface area contributed by atoms with Crippen molar-refractivity contribution in [2.75, 3.05) is 20.3 Å². The van der Waals surface area contributed by atoms with Gasteiger partial charge < -0.3 is 14.4 Å². The Morgan fingerprint density at radius 2 is 2.28 bits per heavy atom. The van der Waals surface area contributed by atoms with Crippen LogP contribution < -0.4 is 0 Å². The van der Waals surface area contributed by atoms with Gasteiger partial charge >= 0.3 is 5.97 Å². The number of esters is 1. The Labute approximate surface area is 151 Å². The predicted octanol–water partition coefficient (Wildman–Crippen LogP) is 3.19. The van der Waals surface area contributed by atoms with Crippen molar-refractivity contribution in [3.05, 3.63) is 51.7 Å². The number of benzene rings is 1. The second-order valence-corrected chi connectivity index (χ2v) is 6.55. The van der Waals surface area contributed by atoms with Gasteiger partial charge in [0.25, 0.3) is 5.91 Å². The molecule has 1 saturated heterocycles. The van der Waals surface area contributed by atoms with E-state index in [1.807, 2.05) is 6.07 Å². The fourth-order valence-electron chi connectivity index (χ4n) is 3.20. The summed E-state index contributed by atoms with van der Waals surface area (Å²) in [6.45, 7) is 2.92. The van der Waals surface area contributed by atoms with Crippen molar-refractivity contribution in [2.24, 2.45) is 0 Å². The number of hydrogen-bond acceptors (Lipinski definition) is 4. The minimum atomic E-state index is -0.519. The van der Waals surface area contributed by atoms with Crippen molar-refractivity contribution in [2.45, 2.75) is 25.9 Å². The van der Waals surface area contributed by atoms with E-state index in [2.05, 4.69) is 0 Å². The van der Waals surface area contributed by atoms with E-state index >= 15 is 0 Å². The van der Waals surface area contributed by atoms with Crippen LogP contribution in [0.25, 0.3) is 6.08 Å². The number of ether oxygens (including phenoxy) is 2. The molecule has 1 amide bonds. The van der Waals surface area contributed by atoms with Crippen LogP contribution in [0, 0.1) is 0 Å². The molecule has 132 valence electrons. The highest BCUT2D eigenvalue weighted by atomic mass is 35.5. The SMILES string of the molecule is COC(=O)C1=C(C)N(CC2CCCO2)C(=O)/C1=C\c1cccc(Cl)c1. The molecule has 1 fully saturated rings. The van der Waals surface area contributed by atoms with Gasteiger partial charge in [0.2, 0.25) is 0 Å². The van der Waals surface area contributed by atoms with Gasteiger partial charge in [0.1, 0.15) is 0 Å². The summed E-state index contributed by atoms with van der Waals surface area (Å²) in [5.74, 6) is -0.734. The molecule has 1 unspecified atom stereocenters. The van der Waals surface area contributed by atoms with E-state index < -0.39 is 5.97 Å². The molecule has 0 spiro atoms. The number of nitrogens with zero attached hydrogens (tertiary/aromatic N) is 1. The van der Waals surface area contributed by atoms with Crippen LogP contribution in [0.3, 0.4) is 0 Å². The molecule has 0 bridgehead atoms. The molecule has 1 aromatic carbocycles. The largest absolute Gasteiger partial charge is 0.465 e. The molecule has 0 aromatic heterocycles. The lowest BCUT2D eigenvalue weighted by Crippen LogP contribution is -2.33. The molecule has 5 nitrogen and oxygen atoms in total. The van der Waals surface area contributed by atoms with Gasteiger partial charge in [-0.05, 0) is 43.5 Å². The van der Waals surface area contributed by atoms with E-state index in [1.165, 1.54) is 7.11 Å². The van der Waals surface area contributed by atoms with Crippen LogP contribution in [0.1, 0.15) is 25.3 Å². The van der Waals surface area contributed by atoms with Crippen LogP contribution in [0.15, 0.2) is 41.1 Å². The summed E-state index contributed by atoms with van der Waals surface area (Å²) in [7, 11) is 1.31. The maximum absolute atomic E-state index is 12.9. The number of carbonyl (C=O) groups excluding carboxylic acids is 2. The Hall–Kier alpha value is -2.11. The summed E-state index contributed by atoms with van der Waals surface area (Å²) in [5, 5.41) is 0.566. The lowest BCUT2D eigenvalue weighted by molar-refractivity contribution is -0.136. The molecule has 2 heterocycles. The third-order valence-corrected chi connectivity index (χ3v) is 4.71. The maximum Gasteiger partial charge on any atom is 0.340 e. The highest BCUT2D eigenvalue weighted by Crippen LogP contribution is 2.33. The van der Waals surface area contributed by atoms with Crippen LogP contribution in [-0.2, 0) is 19.1 Å². The fraction of sp³-hybridized carbons (Fsp3) is 0.368. The Balaban J connectivity index is 1.98. The number of amides is 1. The zero-order valence-corrected chi connectivity index (χ0v) is 15.0. The first-order valence-corrected chi connectivity index (χ1v) is 8.59. The monoisotopic (exact) mass is 361 g/mol. The van der Waals surface area contributed by atoms with Gasteiger partial charge in [-0.3, -0.25) is 4.79 Å². The van der Waals surface area contributed by atoms with Crippen LogP contribution in [0.2, 0.25) is 5.02 Å².